The maximum Gasteiger partial charge on any atom is 0.0994 e. The molecule has 0 bridgehead atoms. The van der Waals surface area contributed by atoms with Gasteiger partial charge in [-0.2, -0.15) is 5.26 Å². The van der Waals surface area contributed by atoms with Crippen LogP contribution >= 0.6 is 0 Å². The highest BCUT2D eigenvalue weighted by molar-refractivity contribution is 5.39. The molecule has 0 aromatic heterocycles. The first-order chi connectivity index (χ1) is 5.77. The zero-order chi connectivity index (χ0) is 8.97. The van der Waals surface area contributed by atoms with Crippen LogP contribution in [0.15, 0.2) is 18.2 Å². The molecule has 1 rings (SSSR count). The second-order valence-corrected chi connectivity index (χ2v) is 2.79. The van der Waals surface area contributed by atoms with E-state index in [1.165, 1.54) is 5.56 Å². The molecule has 0 radical (unpaired) electrons. The third-order valence-electron chi connectivity index (χ3n) is 1.79. The molecule has 62 valence electrons. The van der Waals surface area contributed by atoms with Gasteiger partial charge in [0.25, 0.3) is 0 Å². The molecular formula is C10H12N2. The maximum absolute atomic E-state index is 8.67. The van der Waals surface area contributed by atoms with E-state index in [9.17, 15) is 0 Å². The standard InChI is InChI=1S/C10H12N2/c1-8-5-9(7-12-2)3-4-10(8)6-11/h3-5,12H,7H2,1-2H3. The SMILES string of the molecule is CNCc1ccc(C#N)c(C)c1. The van der Waals surface area contributed by atoms with Gasteiger partial charge in [-0.05, 0) is 31.2 Å². The van der Waals surface area contributed by atoms with Gasteiger partial charge in [0.2, 0.25) is 0 Å². The highest BCUT2D eigenvalue weighted by Crippen LogP contribution is 2.09. The number of hydrogen-bond acceptors (Lipinski definition) is 2. The van der Waals surface area contributed by atoms with Gasteiger partial charge in [-0.3, -0.25) is 0 Å². The van der Waals surface area contributed by atoms with Gasteiger partial charge in [0.05, 0.1) is 11.6 Å². The molecule has 0 saturated heterocycles. The number of benzene rings is 1. The van der Waals surface area contributed by atoms with Gasteiger partial charge >= 0.3 is 0 Å². The van der Waals surface area contributed by atoms with E-state index in [0.29, 0.717) is 0 Å². The Hall–Kier alpha value is -1.33. The Bertz CT molecular complexity index is 310. The van der Waals surface area contributed by atoms with Gasteiger partial charge in [-0.15, -0.1) is 0 Å². The Morgan fingerprint density at radius 1 is 1.50 bits per heavy atom. The van der Waals surface area contributed by atoms with Crippen LogP contribution in [-0.4, -0.2) is 7.05 Å². The number of hydrogen-bond donors (Lipinski definition) is 1. The van der Waals surface area contributed by atoms with Gasteiger partial charge in [-0.25, -0.2) is 0 Å². The summed E-state index contributed by atoms with van der Waals surface area (Å²) in [6, 6.07) is 8.02. The molecule has 2 heteroatoms. The lowest BCUT2D eigenvalue weighted by Crippen LogP contribution is -2.05. The quantitative estimate of drug-likeness (QED) is 0.713. The van der Waals surface area contributed by atoms with E-state index >= 15 is 0 Å². The third-order valence-corrected chi connectivity index (χ3v) is 1.79. The first-order valence-electron chi connectivity index (χ1n) is 3.92. The number of aryl methyl sites for hydroxylation is 1. The fraction of sp³-hybridized carbons (Fsp3) is 0.300. The lowest BCUT2D eigenvalue weighted by atomic mass is 10.1. The van der Waals surface area contributed by atoms with Gasteiger partial charge in [0.15, 0.2) is 0 Å². The topological polar surface area (TPSA) is 35.8 Å². The van der Waals surface area contributed by atoms with Gasteiger partial charge < -0.3 is 5.32 Å². The van der Waals surface area contributed by atoms with Crippen molar-refractivity contribution in [3.63, 3.8) is 0 Å². The minimum Gasteiger partial charge on any atom is -0.316 e. The second-order valence-electron chi connectivity index (χ2n) is 2.79. The van der Waals surface area contributed by atoms with E-state index in [1.807, 2.05) is 32.2 Å². The molecule has 0 amide bonds. The summed E-state index contributed by atoms with van der Waals surface area (Å²) < 4.78 is 0. The van der Waals surface area contributed by atoms with E-state index in [4.69, 9.17) is 5.26 Å². The number of nitrogens with zero attached hydrogens (tertiary/aromatic N) is 1. The average molecular weight is 160 g/mol. The molecular weight excluding hydrogens is 148 g/mol. The normalized spacial score (nSPS) is 9.42. The van der Waals surface area contributed by atoms with Crippen LogP contribution < -0.4 is 5.32 Å². The van der Waals surface area contributed by atoms with E-state index in [1.54, 1.807) is 0 Å². The van der Waals surface area contributed by atoms with Crippen LogP contribution in [0.25, 0.3) is 0 Å². The zero-order valence-corrected chi connectivity index (χ0v) is 7.39. The number of nitrogens with one attached hydrogen (secondary N) is 1. The molecule has 2 nitrogen and oxygen atoms in total. The molecule has 0 aliphatic carbocycles. The summed E-state index contributed by atoms with van der Waals surface area (Å²) >= 11 is 0. The van der Waals surface area contributed by atoms with Crippen LogP contribution in [0.1, 0.15) is 16.7 Å². The summed E-state index contributed by atoms with van der Waals surface area (Å²) in [4.78, 5) is 0. The zero-order valence-electron chi connectivity index (χ0n) is 7.39. The maximum atomic E-state index is 8.67. The molecule has 12 heavy (non-hydrogen) atoms. The number of rotatable bonds is 2. The molecule has 1 N–H and O–H groups in total. The molecule has 1 aromatic rings. The monoisotopic (exact) mass is 160 g/mol. The highest BCUT2D eigenvalue weighted by atomic mass is 14.8. The van der Waals surface area contributed by atoms with Crippen molar-refractivity contribution in [1.29, 1.82) is 5.26 Å². The smallest absolute Gasteiger partial charge is 0.0994 e. The van der Waals surface area contributed by atoms with Crippen molar-refractivity contribution >= 4 is 0 Å². The molecule has 0 aliphatic heterocycles. The minimum atomic E-state index is 0.759. The van der Waals surface area contributed by atoms with Crippen LogP contribution in [-0.2, 0) is 6.54 Å². The van der Waals surface area contributed by atoms with E-state index < -0.39 is 0 Å². The molecule has 0 fully saturated rings. The molecule has 0 spiro atoms. The Morgan fingerprint density at radius 2 is 2.25 bits per heavy atom. The van der Waals surface area contributed by atoms with Gasteiger partial charge in [0, 0.05) is 6.54 Å². The van der Waals surface area contributed by atoms with Crippen molar-refractivity contribution in [2.75, 3.05) is 7.05 Å². The summed E-state index contributed by atoms with van der Waals surface area (Å²) in [5, 5.41) is 11.7. The molecule has 0 heterocycles. The first kappa shape index (κ1) is 8.76. The molecule has 1 aromatic carbocycles. The fourth-order valence-electron chi connectivity index (χ4n) is 1.17. The van der Waals surface area contributed by atoms with Crippen molar-refractivity contribution in [2.45, 2.75) is 13.5 Å². The molecule has 0 atom stereocenters. The lowest BCUT2D eigenvalue weighted by molar-refractivity contribution is 0.817. The minimum absolute atomic E-state index is 0.759. The summed E-state index contributed by atoms with van der Waals surface area (Å²) in [7, 11) is 1.91. The fourth-order valence-corrected chi connectivity index (χ4v) is 1.17. The first-order valence-corrected chi connectivity index (χ1v) is 3.92. The molecule has 0 unspecified atom stereocenters. The van der Waals surface area contributed by atoms with Crippen molar-refractivity contribution < 1.29 is 0 Å². The summed E-state index contributed by atoms with van der Waals surface area (Å²) in [6.45, 7) is 2.81. The Balaban J connectivity index is 2.96. The Labute approximate surface area is 72.8 Å². The van der Waals surface area contributed by atoms with Crippen molar-refractivity contribution in [3.05, 3.63) is 34.9 Å². The molecule has 0 aliphatic rings. The lowest BCUT2D eigenvalue weighted by Gasteiger charge is -2.02. The van der Waals surface area contributed by atoms with Crippen LogP contribution in [0.4, 0.5) is 0 Å². The van der Waals surface area contributed by atoms with Crippen LogP contribution in [0.2, 0.25) is 0 Å². The predicted octanol–water partition coefficient (Wildman–Crippen LogP) is 1.59. The van der Waals surface area contributed by atoms with Crippen molar-refractivity contribution in [3.8, 4) is 6.07 Å². The summed E-state index contributed by atoms with van der Waals surface area (Å²) in [5.74, 6) is 0. The van der Waals surface area contributed by atoms with Crippen molar-refractivity contribution in [2.24, 2.45) is 0 Å². The second kappa shape index (κ2) is 3.89. The largest absolute Gasteiger partial charge is 0.316 e. The molecule has 0 saturated carbocycles. The van der Waals surface area contributed by atoms with E-state index in [2.05, 4.69) is 11.4 Å². The predicted molar refractivity (Wildman–Crippen MR) is 48.7 cm³/mol. The third kappa shape index (κ3) is 1.84. The average Bonchev–Trinajstić information content (AvgIpc) is 2.05. The van der Waals surface area contributed by atoms with Gasteiger partial charge in [-0.1, -0.05) is 12.1 Å². The van der Waals surface area contributed by atoms with Gasteiger partial charge in [0.1, 0.15) is 0 Å². The van der Waals surface area contributed by atoms with Crippen LogP contribution in [0, 0.1) is 18.3 Å². The summed E-state index contributed by atoms with van der Waals surface area (Å²) in [5.41, 5.74) is 3.02. The van der Waals surface area contributed by atoms with Crippen LogP contribution in [0.3, 0.4) is 0 Å². The Morgan fingerprint density at radius 3 is 2.75 bits per heavy atom. The highest BCUT2D eigenvalue weighted by Gasteiger charge is 1.97. The van der Waals surface area contributed by atoms with Crippen LogP contribution in [0.5, 0.6) is 0 Å². The van der Waals surface area contributed by atoms with E-state index in [0.717, 1.165) is 17.7 Å². The van der Waals surface area contributed by atoms with Crippen molar-refractivity contribution in [1.82, 2.24) is 5.32 Å². The number of nitriles is 1. The summed E-state index contributed by atoms with van der Waals surface area (Å²) in [6.07, 6.45) is 0. The van der Waals surface area contributed by atoms with E-state index in [-0.39, 0.29) is 0 Å². The Kier molecular flexibility index (Phi) is 2.84.